The lowest BCUT2D eigenvalue weighted by Crippen LogP contribution is -2.42. The zero-order valence-electron chi connectivity index (χ0n) is 20.9. The lowest BCUT2D eigenvalue weighted by Gasteiger charge is -2.43. The summed E-state index contributed by atoms with van der Waals surface area (Å²) >= 11 is 0. The van der Waals surface area contributed by atoms with Gasteiger partial charge >= 0.3 is 7.82 Å². The zero-order chi connectivity index (χ0) is 24.0. The third kappa shape index (κ3) is 6.74. The summed E-state index contributed by atoms with van der Waals surface area (Å²) in [5.74, 6) is 0.788. The molecule has 8 heteroatoms. The molecule has 7 nitrogen and oxygen atoms in total. The van der Waals surface area contributed by atoms with Crippen molar-refractivity contribution < 1.29 is 32.4 Å². The molecule has 0 aliphatic heterocycles. The van der Waals surface area contributed by atoms with Crippen LogP contribution in [0.25, 0.3) is 0 Å². The fraction of sp³-hybridized carbons (Fsp3) is 0.875. The molecule has 2 aliphatic carbocycles. The first-order valence-corrected chi connectivity index (χ1v) is 13.4. The Labute approximate surface area is 194 Å². The Morgan fingerprint density at radius 3 is 2.47 bits per heavy atom. The summed E-state index contributed by atoms with van der Waals surface area (Å²) in [5, 5.41) is 0. The van der Waals surface area contributed by atoms with Crippen LogP contribution in [-0.4, -0.2) is 44.6 Å². The van der Waals surface area contributed by atoms with Crippen LogP contribution in [0.1, 0.15) is 73.6 Å². The van der Waals surface area contributed by atoms with E-state index < -0.39 is 19.5 Å². The second-order valence-corrected chi connectivity index (χ2v) is 11.4. The number of methoxy groups -OCH3 is 1. The predicted octanol–water partition coefficient (Wildman–Crippen LogP) is 5.93. The summed E-state index contributed by atoms with van der Waals surface area (Å²) in [7, 11) is -2.15. The molecule has 2 fully saturated rings. The van der Waals surface area contributed by atoms with Gasteiger partial charge in [0.1, 0.15) is 12.6 Å². The van der Waals surface area contributed by atoms with Gasteiger partial charge < -0.3 is 9.47 Å². The smallest absolute Gasteiger partial charge is 0.359 e. The van der Waals surface area contributed by atoms with Gasteiger partial charge in [0.25, 0.3) is 0 Å². The van der Waals surface area contributed by atoms with Crippen LogP contribution in [0.5, 0.6) is 0 Å². The molecule has 2 rings (SSSR count). The number of hydrogen-bond donors (Lipinski definition) is 0. The molecule has 0 unspecified atom stereocenters. The van der Waals surface area contributed by atoms with Crippen LogP contribution in [0, 0.1) is 23.2 Å². The van der Waals surface area contributed by atoms with Crippen molar-refractivity contribution in [2.24, 2.45) is 23.2 Å². The van der Waals surface area contributed by atoms with Crippen molar-refractivity contribution in [1.29, 1.82) is 0 Å². The van der Waals surface area contributed by atoms with Gasteiger partial charge in [0.05, 0.1) is 24.9 Å². The van der Waals surface area contributed by atoms with Crippen molar-refractivity contribution >= 4 is 13.6 Å². The maximum absolute atomic E-state index is 13.2. The summed E-state index contributed by atoms with van der Waals surface area (Å²) in [6, 6.07) is 0. The fourth-order valence-electron chi connectivity index (χ4n) is 5.52. The number of fused-ring (bicyclic) bond motifs is 1. The number of carbonyl (C=O) groups is 1. The number of hydrogen-bond acceptors (Lipinski definition) is 7. The highest BCUT2D eigenvalue weighted by atomic mass is 31.2. The summed E-state index contributed by atoms with van der Waals surface area (Å²) < 4.78 is 41.0. The average molecular weight is 475 g/mol. The third-order valence-electron chi connectivity index (χ3n) is 7.15. The number of Topliss-reactive ketones (excluding diaryl/α,β-unsaturated/α-hetero) is 1. The van der Waals surface area contributed by atoms with Gasteiger partial charge in [-0.25, -0.2) is 4.57 Å². The van der Waals surface area contributed by atoms with Gasteiger partial charge in [-0.2, -0.15) is 0 Å². The lowest BCUT2D eigenvalue weighted by atomic mass is 9.61. The number of ketones is 1. The summed E-state index contributed by atoms with van der Waals surface area (Å²) in [5.41, 5.74) is -0.658. The molecule has 0 N–H and O–H groups in total. The van der Waals surface area contributed by atoms with Crippen LogP contribution in [0.2, 0.25) is 0 Å². The Morgan fingerprint density at radius 2 is 1.88 bits per heavy atom. The van der Waals surface area contributed by atoms with Gasteiger partial charge in [0, 0.05) is 19.4 Å². The molecule has 0 radical (unpaired) electrons. The molecule has 186 valence electrons. The minimum Gasteiger partial charge on any atom is -0.359 e. The number of phosphoric acid groups is 1. The molecule has 0 aromatic rings. The SMILES string of the molecule is CCOP(=O)(OCC)O[C@@H](/C=C/C(C)(C)OCOC)[C@@H](C)[C@H]1CC[C@H]2C(=O)CCC[C@]12C. The van der Waals surface area contributed by atoms with E-state index in [0.717, 1.165) is 25.7 Å². The molecule has 0 spiro atoms. The molecule has 2 saturated carbocycles. The van der Waals surface area contributed by atoms with Crippen LogP contribution < -0.4 is 0 Å². The van der Waals surface area contributed by atoms with E-state index in [9.17, 15) is 9.36 Å². The molecule has 0 aromatic heterocycles. The molecule has 0 heterocycles. The second-order valence-electron chi connectivity index (χ2n) is 9.79. The van der Waals surface area contributed by atoms with Gasteiger partial charge in [-0.15, -0.1) is 0 Å². The molecular formula is C24H43O7P. The normalized spacial score (nSPS) is 28.8. The Morgan fingerprint density at radius 1 is 1.22 bits per heavy atom. The highest BCUT2D eigenvalue weighted by Gasteiger charge is 2.53. The first-order chi connectivity index (χ1) is 15.0. The van der Waals surface area contributed by atoms with Crippen LogP contribution in [0.15, 0.2) is 12.2 Å². The molecule has 32 heavy (non-hydrogen) atoms. The predicted molar refractivity (Wildman–Crippen MR) is 124 cm³/mol. The van der Waals surface area contributed by atoms with E-state index in [1.807, 2.05) is 26.0 Å². The zero-order valence-corrected chi connectivity index (χ0v) is 21.8. The van der Waals surface area contributed by atoms with Crippen molar-refractivity contribution in [1.82, 2.24) is 0 Å². The highest BCUT2D eigenvalue weighted by molar-refractivity contribution is 7.48. The van der Waals surface area contributed by atoms with Gasteiger partial charge in [-0.3, -0.25) is 18.4 Å². The number of rotatable bonds is 13. The maximum Gasteiger partial charge on any atom is 0.475 e. The van der Waals surface area contributed by atoms with E-state index in [2.05, 4.69) is 13.8 Å². The molecule has 2 aliphatic rings. The van der Waals surface area contributed by atoms with Crippen LogP contribution >= 0.6 is 7.82 Å². The summed E-state index contributed by atoms with van der Waals surface area (Å²) in [4.78, 5) is 12.6. The highest BCUT2D eigenvalue weighted by Crippen LogP contribution is 2.59. The van der Waals surface area contributed by atoms with Crippen molar-refractivity contribution in [2.75, 3.05) is 27.1 Å². The molecule has 0 saturated heterocycles. The van der Waals surface area contributed by atoms with E-state index in [0.29, 0.717) is 12.2 Å². The first-order valence-electron chi connectivity index (χ1n) is 11.9. The van der Waals surface area contributed by atoms with Crippen molar-refractivity contribution in [3.8, 4) is 0 Å². The Kier molecular flexibility index (Phi) is 10.1. The van der Waals surface area contributed by atoms with Gasteiger partial charge in [-0.05, 0) is 70.6 Å². The van der Waals surface area contributed by atoms with Gasteiger partial charge in [-0.1, -0.05) is 26.0 Å². The minimum absolute atomic E-state index is 0.0135. The van der Waals surface area contributed by atoms with Crippen molar-refractivity contribution in [2.45, 2.75) is 85.4 Å². The first kappa shape index (κ1) is 27.7. The number of ether oxygens (including phenoxy) is 2. The molecule has 0 bridgehead atoms. The molecular weight excluding hydrogens is 431 g/mol. The van der Waals surface area contributed by atoms with Crippen LogP contribution in [-0.2, 0) is 32.4 Å². The second kappa shape index (κ2) is 11.7. The summed E-state index contributed by atoms with van der Waals surface area (Å²) in [6.45, 7) is 12.4. The number of phosphoric ester groups is 1. The number of carbonyl (C=O) groups excluding carboxylic acids is 1. The van der Waals surface area contributed by atoms with E-state index in [1.165, 1.54) is 0 Å². The average Bonchev–Trinajstić information content (AvgIpc) is 3.08. The monoisotopic (exact) mass is 474 g/mol. The fourth-order valence-corrected chi connectivity index (χ4v) is 6.91. The van der Waals surface area contributed by atoms with Crippen LogP contribution in [0.4, 0.5) is 0 Å². The molecule has 5 atom stereocenters. The molecule has 0 aromatic carbocycles. The standard InChI is InChI=1S/C24H43O7P/c1-8-29-32(26,30-9-2)31-22(14-16-23(4,5)28-17-27-7)18(3)19-12-13-20-21(25)11-10-15-24(19,20)6/h14,16,18-20,22H,8-13,15,17H2,1-7H3/b16-14+/t18-,19+,20-,22-,24+/m0/s1. The van der Waals surface area contributed by atoms with E-state index in [-0.39, 0.29) is 43.2 Å². The van der Waals surface area contributed by atoms with Gasteiger partial charge in [0.2, 0.25) is 0 Å². The minimum atomic E-state index is -3.73. The summed E-state index contributed by atoms with van der Waals surface area (Å²) in [6.07, 6.45) is 7.84. The van der Waals surface area contributed by atoms with Crippen molar-refractivity contribution in [3.05, 3.63) is 12.2 Å². The topological polar surface area (TPSA) is 80.3 Å². The quantitative estimate of drug-likeness (QED) is 0.186. The van der Waals surface area contributed by atoms with Crippen LogP contribution in [0.3, 0.4) is 0 Å². The lowest BCUT2D eigenvalue weighted by molar-refractivity contribution is -0.130. The third-order valence-corrected chi connectivity index (χ3v) is 8.80. The molecule has 0 amide bonds. The van der Waals surface area contributed by atoms with Gasteiger partial charge in [0.15, 0.2) is 0 Å². The Hall–Kier alpha value is -0.560. The maximum atomic E-state index is 13.2. The Bertz CT molecular complexity index is 682. The Balaban J connectivity index is 2.32. The van der Waals surface area contributed by atoms with E-state index in [1.54, 1.807) is 21.0 Å². The van der Waals surface area contributed by atoms with Crippen molar-refractivity contribution in [3.63, 3.8) is 0 Å². The largest absolute Gasteiger partial charge is 0.475 e. The van der Waals surface area contributed by atoms with E-state index >= 15 is 0 Å². The van der Waals surface area contributed by atoms with E-state index in [4.69, 9.17) is 23.0 Å².